The molecule has 0 fully saturated rings. The van der Waals surface area contributed by atoms with E-state index in [1.54, 1.807) is 0 Å². The molecule has 68 valence electrons. The Hall–Kier alpha value is -0.560. The first-order chi connectivity index (χ1) is 5.52. The molecule has 0 aliphatic rings. The highest BCUT2D eigenvalue weighted by Crippen LogP contribution is 2.05. The standard InChI is InChI=1S/C10H15ClO/c1-8(2)5-4-6-9(3)7-10(11)12/h5-6H,4,7H2,1-3H3/b9-6+. The average molecular weight is 187 g/mol. The van der Waals surface area contributed by atoms with Crippen LogP contribution in [0, 0.1) is 0 Å². The molecule has 0 spiro atoms. The highest BCUT2D eigenvalue weighted by molar-refractivity contribution is 6.63. The van der Waals surface area contributed by atoms with Crippen molar-refractivity contribution in [2.24, 2.45) is 0 Å². The van der Waals surface area contributed by atoms with Crippen molar-refractivity contribution in [2.75, 3.05) is 0 Å². The van der Waals surface area contributed by atoms with Gasteiger partial charge in [-0.05, 0) is 38.8 Å². The van der Waals surface area contributed by atoms with E-state index in [2.05, 4.69) is 19.9 Å². The van der Waals surface area contributed by atoms with Crippen molar-refractivity contribution in [3.8, 4) is 0 Å². The molecule has 0 aliphatic carbocycles. The molecule has 1 nitrogen and oxygen atoms in total. The molecule has 0 saturated carbocycles. The van der Waals surface area contributed by atoms with Crippen molar-refractivity contribution < 1.29 is 4.79 Å². The predicted octanol–water partition coefficient (Wildman–Crippen LogP) is 3.44. The minimum absolute atomic E-state index is 0.291. The summed E-state index contributed by atoms with van der Waals surface area (Å²) < 4.78 is 0. The number of carbonyl (C=O) groups is 1. The number of rotatable bonds is 4. The number of hydrogen-bond acceptors (Lipinski definition) is 1. The second-order valence-electron chi connectivity index (χ2n) is 3.10. The molecule has 12 heavy (non-hydrogen) atoms. The van der Waals surface area contributed by atoms with Gasteiger partial charge in [0.15, 0.2) is 0 Å². The van der Waals surface area contributed by atoms with Crippen molar-refractivity contribution in [3.63, 3.8) is 0 Å². The molecule has 0 bridgehead atoms. The van der Waals surface area contributed by atoms with Crippen LogP contribution in [0.1, 0.15) is 33.6 Å². The zero-order chi connectivity index (χ0) is 9.56. The third kappa shape index (κ3) is 7.55. The van der Waals surface area contributed by atoms with Crippen LogP contribution < -0.4 is 0 Å². The molecule has 0 unspecified atom stereocenters. The van der Waals surface area contributed by atoms with Gasteiger partial charge < -0.3 is 0 Å². The fourth-order valence-corrected chi connectivity index (χ4v) is 0.998. The van der Waals surface area contributed by atoms with Gasteiger partial charge in [0, 0.05) is 6.42 Å². The van der Waals surface area contributed by atoms with E-state index in [0.717, 1.165) is 12.0 Å². The van der Waals surface area contributed by atoms with Gasteiger partial charge in [-0.15, -0.1) is 0 Å². The molecule has 0 aliphatic heterocycles. The molecule has 0 atom stereocenters. The van der Waals surface area contributed by atoms with Crippen molar-refractivity contribution >= 4 is 16.8 Å². The topological polar surface area (TPSA) is 17.1 Å². The largest absolute Gasteiger partial charge is 0.281 e. The summed E-state index contributed by atoms with van der Waals surface area (Å²) in [5, 5.41) is -0.291. The highest BCUT2D eigenvalue weighted by Gasteiger charge is 1.95. The highest BCUT2D eigenvalue weighted by atomic mass is 35.5. The molecule has 0 saturated heterocycles. The summed E-state index contributed by atoms with van der Waals surface area (Å²) in [5.41, 5.74) is 2.32. The predicted molar refractivity (Wildman–Crippen MR) is 53.3 cm³/mol. The van der Waals surface area contributed by atoms with Crippen LogP contribution in [0.25, 0.3) is 0 Å². The molecule has 0 rings (SSSR count). The van der Waals surface area contributed by atoms with Crippen LogP contribution in [0.4, 0.5) is 0 Å². The fourth-order valence-electron chi connectivity index (χ4n) is 0.787. The summed E-state index contributed by atoms with van der Waals surface area (Å²) in [7, 11) is 0. The maximum absolute atomic E-state index is 10.5. The number of hydrogen-bond donors (Lipinski definition) is 0. The molecule has 0 heterocycles. The van der Waals surface area contributed by atoms with Crippen LogP contribution in [0.5, 0.6) is 0 Å². The zero-order valence-corrected chi connectivity index (χ0v) is 8.61. The lowest BCUT2D eigenvalue weighted by molar-refractivity contribution is -0.111. The molecule has 0 amide bonds. The lowest BCUT2D eigenvalue weighted by atomic mass is 10.1. The SMILES string of the molecule is CC(C)=CC/C=C(\C)CC(=O)Cl. The Morgan fingerprint density at radius 2 is 1.83 bits per heavy atom. The maximum Gasteiger partial charge on any atom is 0.225 e. The first kappa shape index (κ1) is 11.4. The molecule has 0 aromatic heterocycles. The quantitative estimate of drug-likeness (QED) is 0.486. The lowest BCUT2D eigenvalue weighted by Gasteiger charge is -1.94. The van der Waals surface area contributed by atoms with E-state index in [0.29, 0.717) is 6.42 Å². The van der Waals surface area contributed by atoms with E-state index >= 15 is 0 Å². The van der Waals surface area contributed by atoms with Crippen LogP contribution in [-0.4, -0.2) is 5.24 Å². The molecular weight excluding hydrogens is 172 g/mol. The summed E-state index contributed by atoms with van der Waals surface area (Å²) in [5.74, 6) is 0. The lowest BCUT2D eigenvalue weighted by Crippen LogP contribution is -1.86. The van der Waals surface area contributed by atoms with Gasteiger partial charge in [0.1, 0.15) is 0 Å². The summed E-state index contributed by atoms with van der Waals surface area (Å²) in [4.78, 5) is 10.5. The Kier molecular flexibility index (Phi) is 5.73. The Morgan fingerprint density at radius 3 is 2.25 bits per heavy atom. The van der Waals surface area contributed by atoms with Crippen molar-refractivity contribution in [3.05, 3.63) is 23.3 Å². The fraction of sp³-hybridized carbons (Fsp3) is 0.500. The van der Waals surface area contributed by atoms with E-state index in [9.17, 15) is 4.79 Å². The van der Waals surface area contributed by atoms with Gasteiger partial charge in [0.25, 0.3) is 0 Å². The minimum atomic E-state index is -0.291. The van der Waals surface area contributed by atoms with Crippen LogP contribution in [0.2, 0.25) is 0 Å². The average Bonchev–Trinajstić information content (AvgIpc) is 1.84. The van der Waals surface area contributed by atoms with Gasteiger partial charge in [0.05, 0.1) is 0 Å². The van der Waals surface area contributed by atoms with Crippen molar-refractivity contribution in [1.82, 2.24) is 0 Å². The second-order valence-corrected chi connectivity index (χ2v) is 3.52. The van der Waals surface area contributed by atoms with Gasteiger partial charge in [-0.2, -0.15) is 0 Å². The first-order valence-corrected chi connectivity index (χ1v) is 4.37. The minimum Gasteiger partial charge on any atom is -0.281 e. The van der Waals surface area contributed by atoms with Gasteiger partial charge in [-0.1, -0.05) is 23.3 Å². The smallest absolute Gasteiger partial charge is 0.225 e. The van der Waals surface area contributed by atoms with Crippen LogP contribution in [-0.2, 0) is 4.79 Å². The van der Waals surface area contributed by atoms with Crippen LogP contribution >= 0.6 is 11.6 Å². The third-order valence-electron chi connectivity index (χ3n) is 1.41. The zero-order valence-electron chi connectivity index (χ0n) is 7.86. The maximum atomic E-state index is 10.5. The Labute approximate surface area is 79.1 Å². The number of halogens is 1. The number of allylic oxidation sites excluding steroid dienone is 4. The van der Waals surface area contributed by atoms with Crippen LogP contribution in [0.3, 0.4) is 0 Å². The second kappa shape index (κ2) is 6.01. The van der Waals surface area contributed by atoms with E-state index in [4.69, 9.17) is 11.6 Å². The molecule has 0 aromatic rings. The van der Waals surface area contributed by atoms with E-state index in [-0.39, 0.29) is 5.24 Å². The van der Waals surface area contributed by atoms with Gasteiger partial charge in [0.2, 0.25) is 5.24 Å². The van der Waals surface area contributed by atoms with Crippen molar-refractivity contribution in [2.45, 2.75) is 33.6 Å². The summed E-state index contributed by atoms with van der Waals surface area (Å²) in [6, 6.07) is 0. The Morgan fingerprint density at radius 1 is 1.25 bits per heavy atom. The first-order valence-electron chi connectivity index (χ1n) is 3.99. The summed E-state index contributed by atoms with van der Waals surface area (Å²) in [6.07, 6.45) is 5.38. The summed E-state index contributed by atoms with van der Waals surface area (Å²) >= 11 is 5.22. The molecule has 0 radical (unpaired) electrons. The molecule has 0 aromatic carbocycles. The van der Waals surface area contributed by atoms with E-state index < -0.39 is 0 Å². The third-order valence-corrected chi connectivity index (χ3v) is 1.54. The van der Waals surface area contributed by atoms with E-state index in [1.165, 1.54) is 5.57 Å². The molecule has 0 N–H and O–H groups in total. The monoisotopic (exact) mass is 186 g/mol. The van der Waals surface area contributed by atoms with Crippen LogP contribution in [0.15, 0.2) is 23.3 Å². The van der Waals surface area contributed by atoms with Gasteiger partial charge >= 0.3 is 0 Å². The Bertz CT molecular complexity index is 210. The molecular formula is C10H15ClO. The summed E-state index contributed by atoms with van der Waals surface area (Å²) in [6.45, 7) is 6.02. The van der Waals surface area contributed by atoms with Gasteiger partial charge in [-0.3, -0.25) is 4.79 Å². The van der Waals surface area contributed by atoms with Crippen molar-refractivity contribution in [1.29, 1.82) is 0 Å². The number of carbonyl (C=O) groups excluding carboxylic acids is 1. The van der Waals surface area contributed by atoms with Gasteiger partial charge in [-0.25, -0.2) is 0 Å². The molecule has 2 heteroatoms. The Balaban J connectivity index is 3.85. The normalized spacial score (nSPS) is 11.2. The van der Waals surface area contributed by atoms with E-state index in [1.807, 2.05) is 13.0 Å².